The zero-order valence-electron chi connectivity index (χ0n) is 12.0. The monoisotopic (exact) mass is 298 g/mol. The summed E-state index contributed by atoms with van der Waals surface area (Å²) in [6.07, 6.45) is 3.03. The van der Waals surface area contributed by atoms with Crippen molar-refractivity contribution in [3.63, 3.8) is 0 Å². The van der Waals surface area contributed by atoms with Crippen LogP contribution in [0.2, 0.25) is 0 Å². The van der Waals surface area contributed by atoms with Gasteiger partial charge in [0.2, 0.25) is 15.9 Å². The molecule has 0 atom stereocenters. The van der Waals surface area contributed by atoms with E-state index in [0.717, 1.165) is 19.3 Å². The molecule has 112 valence electrons. The summed E-state index contributed by atoms with van der Waals surface area (Å²) in [5.41, 5.74) is 0.612. The van der Waals surface area contributed by atoms with Crippen LogP contribution in [0, 0.1) is 0 Å². The van der Waals surface area contributed by atoms with Crippen molar-refractivity contribution >= 4 is 21.6 Å². The maximum atomic E-state index is 11.9. The van der Waals surface area contributed by atoms with Gasteiger partial charge in [0.25, 0.3) is 0 Å². The SMILES string of the molecule is CCCCC(=O)Nc1ccc(S(=O)(=O)NCCC)cc1. The summed E-state index contributed by atoms with van der Waals surface area (Å²) < 4.78 is 26.2. The van der Waals surface area contributed by atoms with Crippen LogP contribution in [0.15, 0.2) is 29.2 Å². The van der Waals surface area contributed by atoms with Gasteiger partial charge in [-0.2, -0.15) is 0 Å². The zero-order chi connectivity index (χ0) is 15.0. The fourth-order valence-electron chi connectivity index (χ4n) is 1.60. The van der Waals surface area contributed by atoms with E-state index in [9.17, 15) is 13.2 Å². The Morgan fingerprint density at radius 3 is 2.30 bits per heavy atom. The van der Waals surface area contributed by atoms with Gasteiger partial charge in [-0.1, -0.05) is 20.3 Å². The third-order valence-corrected chi connectivity index (χ3v) is 4.22. The number of sulfonamides is 1. The molecule has 0 bridgehead atoms. The Balaban J connectivity index is 2.67. The highest BCUT2D eigenvalue weighted by Gasteiger charge is 2.12. The van der Waals surface area contributed by atoms with Gasteiger partial charge in [0.15, 0.2) is 0 Å². The third kappa shape index (κ3) is 5.30. The fourth-order valence-corrected chi connectivity index (χ4v) is 2.73. The molecule has 2 N–H and O–H groups in total. The van der Waals surface area contributed by atoms with Crippen LogP contribution in [0.4, 0.5) is 5.69 Å². The van der Waals surface area contributed by atoms with E-state index in [0.29, 0.717) is 18.7 Å². The first-order valence-electron chi connectivity index (χ1n) is 6.89. The van der Waals surface area contributed by atoms with Crippen molar-refractivity contribution in [2.75, 3.05) is 11.9 Å². The summed E-state index contributed by atoms with van der Waals surface area (Å²) >= 11 is 0. The molecular weight excluding hydrogens is 276 g/mol. The van der Waals surface area contributed by atoms with Gasteiger partial charge in [0.05, 0.1) is 4.90 Å². The topological polar surface area (TPSA) is 75.3 Å². The lowest BCUT2D eigenvalue weighted by molar-refractivity contribution is -0.116. The van der Waals surface area contributed by atoms with Gasteiger partial charge in [-0.15, -0.1) is 0 Å². The van der Waals surface area contributed by atoms with E-state index in [1.165, 1.54) is 12.1 Å². The third-order valence-electron chi connectivity index (χ3n) is 2.75. The van der Waals surface area contributed by atoms with Crippen LogP contribution in [0.25, 0.3) is 0 Å². The van der Waals surface area contributed by atoms with Crippen molar-refractivity contribution in [3.8, 4) is 0 Å². The van der Waals surface area contributed by atoms with Gasteiger partial charge >= 0.3 is 0 Å². The first-order chi connectivity index (χ1) is 9.49. The van der Waals surface area contributed by atoms with Crippen LogP contribution < -0.4 is 10.0 Å². The minimum Gasteiger partial charge on any atom is -0.326 e. The van der Waals surface area contributed by atoms with Gasteiger partial charge in [-0.3, -0.25) is 4.79 Å². The van der Waals surface area contributed by atoms with Crippen LogP contribution in [0.3, 0.4) is 0 Å². The second-order valence-electron chi connectivity index (χ2n) is 4.57. The Kier molecular flexibility index (Phi) is 6.67. The molecular formula is C14H22N2O3S. The molecule has 0 aromatic heterocycles. The molecule has 0 heterocycles. The van der Waals surface area contributed by atoms with E-state index < -0.39 is 10.0 Å². The number of nitrogens with one attached hydrogen (secondary N) is 2. The predicted octanol–water partition coefficient (Wildman–Crippen LogP) is 2.50. The van der Waals surface area contributed by atoms with E-state index >= 15 is 0 Å². The molecule has 20 heavy (non-hydrogen) atoms. The van der Waals surface area contributed by atoms with Crippen LogP contribution in [0.5, 0.6) is 0 Å². The molecule has 6 heteroatoms. The summed E-state index contributed by atoms with van der Waals surface area (Å²) in [7, 11) is -3.44. The molecule has 0 aliphatic carbocycles. The van der Waals surface area contributed by atoms with Gasteiger partial charge in [0.1, 0.15) is 0 Å². The lowest BCUT2D eigenvalue weighted by Gasteiger charge is -2.08. The Labute approximate surface area is 120 Å². The van der Waals surface area contributed by atoms with E-state index in [2.05, 4.69) is 10.0 Å². The van der Waals surface area contributed by atoms with Gasteiger partial charge in [0, 0.05) is 18.7 Å². The number of benzene rings is 1. The molecule has 1 aromatic carbocycles. The van der Waals surface area contributed by atoms with E-state index in [1.807, 2.05) is 13.8 Å². The Morgan fingerprint density at radius 1 is 1.10 bits per heavy atom. The summed E-state index contributed by atoms with van der Waals surface area (Å²) in [6, 6.07) is 6.19. The number of hydrogen-bond acceptors (Lipinski definition) is 3. The molecule has 0 saturated heterocycles. The highest BCUT2D eigenvalue weighted by Crippen LogP contribution is 2.14. The van der Waals surface area contributed by atoms with E-state index in [4.69, 9.17) is 0 Å². The summed E-state index contributed by atoms with van der Waals surface area (Å²) in [5, 5.41) is 2.74. The van der Waals surface area contributed by atoms with Crippen LogP contribution in [0.1, 0.15) is 39.5 Å². The van der Waals surface area contributed by atoms with E-state index in [1.54, 1.807) is 12.1 Å². The molecule has 0 saturated carbocycles. The Hall–Kier alpha value is -1.40. The van der Waals surface area contributed by atoms with Crippen molar-refractivity contribution in [1.29, 1.82) is 0 Å². The maximum Gasteiger partial charge on any atom is 0.240 e. The van der Waals surface area contributed by atoms with Crippen molar-refractivity contribution in [3.05, 3.63) is 24.3 Å². The minimum absolute atomic E-state index is 0.0495. The number of anilines is 1. The number of rotatable bonds is 8. The first-order valence-corrected chi connectivity index (χ1v) is 8.37. The molecule has 0 aliphatic rings. The lowest BCUT2D eigenvalue weighted by atomic mass is 10.2. The summed E-state index contributed by atoms with van der Waals surface area (Å²) in [6.45, 7) is 4.34. The molecule has 1 amide bonds. The fraction of sp³-hybridized carbons (Fsp3) is 0.500. The van der Waals surface area contributed by atoms with Gasteiger partial charge in [-0.05, 0) is 37.1 Å². The Bertz CT molecular complexity index is 524. The quantitative estimate of drug-likeness (QED) is 0.774. The average molecular weight is 298 g/mol. The largest absolute Gasteiger partial charge is 0.326 e. The molecule has 1 aromatic rings. The van der Waals surface area contributed by atoms with Crippen molar-refractivity contribution in [2.45, 2.75) is 44.4 Å². The molecule has 0 spiro atoms. The highest BCUT2D eigenvalue weighted by molar-refractivity contribution is 7.89. The van der Waals surface area contributed by atoms with Crippen molar-refractivity contribution in [1.82, 2.24) is 4.72 Å². The Morgan fingerprint density at radius 2 is 1.75 bits per heavy atom. The molecule has 0 aliphatic heterocycles. The number of carbonyl (C=O) groups is 1. The summed E-state index contributed by atoms with van der Waals surface area (Å²) in [4.78, 5) is 11.8. The van der Waals surface area contributed by atoms with Crippen LogP contribution >= 0.6 is 0 Å². The number of hydrogen-bond donors (Lipinski definition) is 2. The second-order valence-corrected chi connectivity index (χ2v) is 6.34. The van der Waals surface area contributed by atoms with Crippen molar-refractivity contribution < 1.29 is 13.2 Å². The minimum atomic E-state index is -3.44. The molecule has 1 rings (SSSR count). The maximum absolute atomic E-state index is 11.9. The lowest BCUT2D eigenvalue weighted by Crippen LogP contribution is -2.24. The normalized spacial score (nSPS) is 11.3. The predicted molar refractivity (Wildman–Crippen MR) is 80.1 cm³/mol. The average Bonchev–Trinajstić information content (AvgIpc) is 2.43. The number of amides is 1. The van der Waals surface area contributed by atoms with Crippen LogP contribution in [-0.2, 0) is 14.8 Å². The zero-order valence-corrected chi connectivity index (χ0v) is 12.8. The summed E-state index contributed by atoms with van der Waals surface area (Å²) in [5.74, 6) is -0.0495. The van der Waals surface area contributed by atoms with Gasteiger partial charge in [-0.25, -0.2) is 13.1 Å². The molecule has 0 fully saturated rings. The standard InChI is InChI=1S/C14H22N2O3S/c1-3-5-6-14(17)16-12-7-9-13(10-8-12)20(18,19)15-11-4-2/h7-10,15H,3-6,11H2,1-2H3,(H,16,17). The molecule has 0 radical (unpaired) electrons. The second kappa shape index (κ2) is 8.01. The van der Waals surface area contributed by atoms with Crippen molar-refractivity contribution in [2.24, 2.45) is 0 Å². The smallest absolute Gasteiger partial charge is 0.240 e. The van der Waals surface area contributed by atoms with Crippen LogP contribution in [-0.4, -0.2) is 20.9 Å². The molecule has 0 unspecified atom stereocenters. The van der Waals surface area contributed by atoms with Gasteiger partial charge < -0.3 is 5.32 Å². The van der Waals surface area contributed by atoms with E-state index in [-0.39, 0.29) is 10.8 Å². The molecule has 5 nitrogen and oxygen atoms in total. The number of unbranched alkanes of at least 4 members (excludes halogenated alkanes) is 1. The number of carbonyl (C=O) groups excluding carboxylic acids is 1. The highest BCUT2D eigenvalue weighted by atomic mass is 32.2. The first kappa shape index (κ1) is 16.7.